The summed E-state index contributed by atoms with van der Waals surface area (Å²) in [6.07, 6.45) is 4.88. The second-order valence-corrected chi connectivity index (χ2v) is 7.14. The minimum atomic E-state index is -1.14. The van der Waals surface area contributed by atoms with Crippen LogP contribution in [0.3, 0.4) is 0 Å². The summed E-state index contributed by atoms with van der Waals surface area (Å²) in [5.41, 5.74) is 1.97. The van der Waals surface area contributed by atoms with Crippen LogP contribution in [0.25, 0.3) is 0 Å². The molecule has 0 aliphatic carbocycles. The van der Waals surface area contributed by atoms with E-state index in [-0.39, 0.29) is 22.8 Å². The third-order valence-electron chi connectivity index (χ3n) is 4.86. The zero-order valence-corrected chi connectivity index (χ0v) is 17.1. The van der Waals surface area contributed by atoms with Crippen LogP contribution in [0.15, 0.2) is 24.3 Å². The molecule has 0 unspecified atom stereocenters. The maximum atomic E-state index is 11.5. The van der Waals surface area contributed by atoms with Crippen molar-refractivity contribution in [2.24, 2.45) is 0 Å². The van der Waals surface area contributed by atoms with E-state index >= 15 is 0 Å². The van der Waals surface area contributed by atoms with Gasteiger partial charge in [0.25, 0.3) is 0 Å². The molecule has 0 spiro atoms. The third-order valence-corrected chi connectivity index (χ3v) is 4.86. The highest BCUT2D eigenvalue weighted by atomic mass is 16.5. The minimum Gasteiger partial charge on any atom is -0.507 e. The molecule has 0 saturated carbocycles. The number of carboxylic acids is 1. The monoisotopic (exact) mass is 402 g/mol. The van der Waals surface area contributed by atoms with Crippen molar-refractivity contribution in [3.05, 3.63) is 46.5 Å². The van der Waals surface area contributed by atoms with E-state index in [4.69, 9.17) is 4.74 Å². The highest BCUT2D eigenvalue weighted by Gasteiger charge is 2.21. The van der Waals surface area contributed by atoms with Crippen molar-refractivity contribution in [3.8, 4) is 23.0 Å². The molecule has 2 rings (SSSR count). The molecule has 2 aromatic carbocycles. The van der Waals surface area contributed by atoms with E-state index in [9.17, 15) is 25.2 Å². The van der Waals surface area contributed by atoms with Gasteiger partial charge in [0.2, 0.25) is 0 Å². The summed E-state index contributed by atoms with van der Waals surface area (Å²) >= 11 is 0. The topological polar surface area (TPSA) is 107 Å². The highest BCUT2D eigenvalue weighted by Crippen LogP contribution is 2.37. The van der Waals surface area contributed by atoms with E-state index in [1.807, 2.05) is 13.8 Å². The number of carbonyl (C=O) groups is 1. The lowest BCUT2D eigenvalue weighted by Crippen LogP contribution is -2.08. The van der Waals surface area contributed by atoms with Crippen LogP contribution in [0.1, 0.15) is 66.6 Å². The first-order chi connectivity index (χ1) is 13.9. The van der Waals surface area contributed by atoms with Gasteiger partial charge in [-0.2, -0.15) is 0 Å². The molecule has 0 amide bonds. The smallest absolute Gasteiger partial charge is 0.339 e. The summed E-state index contributed by atoms with van der Waals surface area (Å²) in [7, 11) is 0. The van der Waals surface area contributed by atoms with Gasteiger partial charge < -0.3 is 25.2 Å². The molecule has 0 fully saturated rings. The number of aromatic hydroxyl groups is 3. The van der Waals surface area contributed by atoms with Crippen LogP contribution in [0.4, 0.5) is 0 Å². The lowest BCUT2D eigenvalue weighted by molar-refractivity contribution is 0.0693. The summed E-state index contributed by atoms with van der Waals surface area (Å²) in [4.78, 5) is 11.5. The number of ether oxygens (including phenoxy) is 1. The van der Waals surface area contributed by atoms with Gasteiger partial charge in [-0.15, -0.1) is 0 Å². The zero-order chi connectivity index (χ0) is 21.4. The Kier molecular flexibility index (Phi) is 8.19. The zero-order valence-electron chi connectivity index (χ0n) is 17.1. The summed E-state index contributed by atoms with van der Waals surface area (Å²) in [6, 6.07) is 6.43. The number of carboxylic acid groups (broad SMARTS) is 1. The SMILES string of the molecule is CCCc1cc(C(=O)O)c(O)c(CCC)c1OCCCCc1cccc(O)c1O. The van der Waals surface area contributed by atoms with E-state index in [0.717, 1.165) is 24.8 Å². The van der Waals surface area contributed by atoms with Crippen molar-refractivity contribution in [2.45, 2.75) is 58.8 Å². The maximum absolute atomic E-state index is 11.5. The molecule has 0 saturated heterocycles. The molecule has 0 bridgehead atoms. The summed E-state index contributed by atoms with van der Waals surface area (Å²) < 4.78 is 6.02. The van der Waals surface area contributed by atoms with Gasteiger partial charge in [-0.25, -0.2) is 4.79 Å². The fourth-order valence-corrected chi connectivity index (χ4v) is 3.42. The van der Waals surface area contributed by atoms with Crippen molar-refractivity contribution in [2.75, 3.05) is 6.61 Å². The second-order valence-electron chi connectivity index (χ2n) is 7.14. The minimum absolute atomic E-state index is 0.0800. The predicted octanol–water partition coefficient (Wildman–Crippen LogP) is 4.81. The Morgan fingerprint density at radius 2 is 1.66 bits per heavy atom. The first-order valence-electron chi connectivity index (χ1n) is 10.1. The van der Waals surface area contributed by atoms with Crippen molar-refractivity contribution in [3.63, 3.8) is 0 Å². The van der Waals surface area contributed by atoms with Gasteiger partial charge in [-0.1, -0.05) is 38.8 Å². The number of benzene rings is 2. The average Bonchev–Trinajstić information content (AvgIpc) is 2.68. The van der Waals surface area contributed by atoms with E-state index in [1.54, 1.807) is 12.1 Å². The fourth-order valence-electron chi connectivity index (χ4n) is 3.42. The summed E-state index contributed by atoms with van der Waals surface area (Å²) in [5, 5.41) is 39.3. The molecule has 0 aliphatic rings. The maximum Gasteiger partial charge on any atom is 0.339 e. The lowest BCUT2D eigenvalue weighted by atomic mass is 9.96. The summed E-state index contributed by atoms with van der Waals surface area (Å²) in [5.74, 6) is -0.968. The van der Waals surface area contributed by atoms with Gasteiger partial charge in [0.05, 0.1) is 6.61 Å². The number of hydrogen-bond donors (Lipinski definition) is 4. The Labute approximate surface area is 171 Å². The Bertz CT molecular complexity index is 844. The molecule has 0 atom stereocenters. The van der Waals surface area contributed by atoms with Gasteiger partial charge in [0.15, 0.2) is 11.5 Å². The van der Waals surface area contributed by atoms with Crippen LogP contribution in [0.2, 0.25) is 0 Å². The quantitative estimate of drug-likeness (QED) is 0.317. The molecular weight excluding hydrogens is 372 g/mol. The largest absolute Gasteiger partial charge is 0.507 e. The molecule has 2 aromatic rings. The summed E-state index contributed by atoms with van der Waals surface area (Å²) in [6.45, 7) is 4.40. The number of phenols is 3. The Morgan fingerprint density at radius 3 is 2.31 bits per heavy atom. The van der Waals surface area contributed by atoms with Gasteiger partial charge in [0, 0.05) is 5.56 Å². The van der Waals surface area contributed by atoms with E-state index in [1.165, 1.54) is 12.1 Å². The van der Waals surface area contributed by atoms with E-state index in [2.05, 4.69) is 0 Å². The standard InChI is InChI=1S/C23H30O6/c1-3-8-16-14-18(23(27)28)21(26)17(9-4-2)22(16)29-13-6-5-10-15-11-7-12-19(24)20(15)25/h7,11-12,14,24-26H,3-6,8-10,13H2,1-2H3,(H,27,28). The van der Waals surface area contributed by atoms with Crippen LogP contribution in [-0.4, -0.2) is 33.0 Å². The fraction of sp³-hybridized carbons (Fsp3) is 0.435. The molecule has 4 N–H and O–H groups in total. The third kappa shape index (κ3) is 5.56. The predicted molar refractivity (Wildman–Crippen MR) is 111 cm³/mol. The highest BCUT2D eigenvalue weighted by molar-refractivity contribution is 5.92. The first-order valence-corrected chi connectivity index (χ1v) is 10.1. The number of unbranched alkanes of at least 4 members (excludes halogenated alkanes) is 1. The van der Waals surface area contributed by atoms with Gasteiger partial charge >= 0.3 is 5.97 Å². The van der Waals surface area contributed by atoms with Crippen molar-refractivity contribution < 1.29 is 30.0 Å². The van der Waals surface area contributed by atoms with Gasteiger partial charge in [-0.05, 0) is 55.4 Å². The van der Waals surface area contributed by atoms with Crippen molar-refractivity contribution in [1.82, 2.24) is 0 Å². The number of para-hydroxylation sites is 1. The van der Waals surface area contributed by atoms with Crippen molar-refractivity contribution >= 4 is 5.97 Å². The van der Waals surface area contributed by atoms with Crippen LogP contribution in [0.5, 0.6) is 23.0 Å². The Balaban J connectivity index is 2.11. The number of aryl methyl sites for hydroxylation is 2. The first kappa shape index (κ1) is 22.4. The van der Waals surface area contributed by atoms with Gasteiger partial charge in [0.1, 0.15) is 17.1 Å². The molecule has 6 nitrogen and oxygen atoms in total. The van der Waals surface area contributed by atoms with Crippen LogP contribution in [0, 0.1) is 0 Å². The normalized spacial score (nSPS) is 10.8. The molecular formula is C23H30O6. The second kappa shape index (κ2) is 10.6. The molecule has 6 heteroatoms. The van der Waals surface area contributed by atoms with E-state index < -0.39 is 5.97 Å². The van der Waals surface area contributed by atoms with Gasteiger partial charge in [-0.3, -0.25) is 0 Å². The Morgan fingerprint density at radius 1 is 0.931 bits per heavy atom. The molecule has 29 heavy (non-hydrogen) atoms. The number of phenolic OH excluding ortho intramolecular Hbond substituents is 2. The van der Waals surface area contributed by atoms with Crippen LogP contribution < -0.4 is 4.74 Å². The number of aromatic carboxylic acids is 1. The molecule has 0 radical (unpaired) electrons. The van der Waals surface area contributed by atoms with Crippen molar-refractivity contribution in [1.29, 1.82) is 0 Å². The number of hydrogen-bond acceptors (Lipinski definition) is 5. The molecule has 158 valence electrons. The average molecular weight is 402 g/mol. The van der Waals surface area contributed by atoms with Crippen LogP contribution in [-0.2, 0) is 19.3 Å². The van der Waals surface area contributed by atoms with Crippen LogP contribution >= 0.6 is 0 Å². The molecule has 0 aromatic heterocycles. The lowest BCUT2D eigenvalue weighted by Gasteiger charge is -2.18. The molecule has 0 aliphatic heterocycles. The Hall–Kier alpha value is -2.89. The molecule has 0 heterocycles. The number of rotatable bonds is 11. The van der Waals surface area contributed by atoms with E-state index in [0.29, 0.717) is 49.2 Å².